The Kier molecular flexibility index (Phi) is 8.79. The largest absolute Gasteiger partial charge is 0.382 e. The molecular formula is C27H35N3O6. The molecule has 3 rings (SSSR count). The number of nitrogens with zero attached hydrogens (tertiary/aromatic N) is 1. The van der Waals surface area contributed by atoms with E-state index in [2.05, 4.69) is 15.8 Å². The molecule has 194 valence electrons. The minimum atomic E-state index is -0.954. The van der Waals surface area contributed by atoms with Gasteiger partial charge in [-0.2, -0.15) is 0 Å². The Bertz CT molecular complexity index is 1100. The molecule has 9 nitrogen and oxygen atoms in total. The van der Waals surface area contributed by atoms with Crippen molar-refractivity contribution in [3.8, 4) is 0 Å². The number of nitrogens with one attached hydrogen (secondary N) is 2. The number of benzene rings is 1. The summed E-state index contributed by atoms with van der Waals surface area (Å²) in [5, 5.41) is 9.14. The van der Waals surface area contributed by atoms with E-state index in [1.54, 1.807) is 13.8 Å². The summed E-state index contributed by atoms with van der Waals surface area (Å²) in [4.78, 5) is 51.6. The van der Waals surface area contributed by atoms with E-state index >= 15 is 0 Å². The molecule has 1 aromatic heterocycles. The molecule has 1 aliphatic rings. The quantitative estimate of drug-likeness (QED) is 0.435. The van der Waals surface area contributed by atoms with Crippen LogP contribution in [0.1, 0.15) is 60.5 Å². The van der Waals surface area contributed by atoms with Crippen LogP contribution in [0, 0.1) is 25.2 Å². The number of aromatic nitrogens is 1. The third kappa shape index (κ3) is 7.10. The number of hydrogen-bond acceptors (Lipinski definition) is 7. The number of rotatable bonds is 13. The van der Waals surface area contributed by atoms with Crippen LogP contribution < -0.4 is 10.6 Å². The number of ketones is 2. The summed E-state index contributed by atoms with van der Waals surface area (Å²) in [6.07, 6.45) is 1.88. The Labute approximate surface area is 211 Å². The zero-order chi connectivity index (χ0) is 26.5. The van der Waals surface area contributed by atoms with Crippen molar-refractivity contribution in [1.29, 1.82) is 0 Å². The van der Waals surface area contributed by atoms with Crippen molar-refractivity contribution in [3.63, 3.8) is 0 Å². The van der Waals surface area contributed by atoms with Gasteiger partial charge in [0.15, 0.2) is 17.3 Å². The molecule has 1 aromatic carbocycles. The average Bonchev–Trinajstić information content (AvgIpc) is 3.44. The van der Waals surface area contributed by atoms with Crippen LogP contribution in [0.5, 0.6) is 0 Å². The normalized spacial score (nSPS) is 16.5. The van der Waals surface area contributed by atoms with Gasteiger partial charge in [-0.3, -0.25) is 19.2 Å². The van der Waals surface area contributed by atoms with E-state index < -0.39 is 29.3 Å². The van der Waals surface area contributed by atoms with Crippen LogP contribution >= 0.6 is 0 Å². The first-order valence-corrected chi connectivity index (χ1v) is 12.2. The van der Waals surface area contributed by atoms with Gasteiger partial charge in [0.1, 0.15) is 11.8 Å². The molecule has 0 unspecified atom stereocenters. The summed E-state index contributed by atoms with van der Waals surface area (Å²) in [5.74, 6) is -1.53. The first kappa shape index (κ1) is 27.3. The third-order valence-electron chi connectivity index (χ3n) is 6.63. The van der Waals surface area contributed by atoms with Crippen molar-refractivity contribution >= 4 is 23.4 Å². The summed E-state index contributed by atoms with van der Waals surface area (Å²) in [6, 6.07) is 7.70. The van der Waals surface area contributed by atoms with E-state index in [0.717, 1.165) is 24.0 Å². The second-order valence-electron chi connectivity index (χ2n) is 10.1. The van der Waals surface area contributed by atoms with Crippen LogP contribution in [0.15, 0.2) is 34.9 Å². The predicted octanol–water partition coefficient (Wildman–Crippen LogP) is 2.73. The zero-order valence-corrected chi connectivity index (χ0v) is 21.6. The average molecular weight is 498 g/mol. The summed E-state index contributed by atoms with van der Waals surface area (Å²) in [5.41, 5.74) is 1.72. The van der Waals surface area contributed by atoms with Crippen molar-refractivity contribution < 1.29 is 28.4 Å². The van der Waals surface area contributed by atoms with Crippen LogP contribution in [0.3, 0.4) is 0 Å². The van der Waals surface area contributed by atoms with Crippen LogP contribution in [0.4, 0.5) is 0 Å². The fourth-order valence-electron chi connectivity index (χ4n) is 3.96. The molecule has 3 atom stereocenters. The Hall–Kier alpha value is -3.33. The summed E-state index contributed by atoms with van der Waals surface area (Å²) in [6.45, 7) is 7.15. The van der Waals surface area contributed by atoms with Crippen LogP contribution in [0.2, 0.25) is 0 Å². The molecule has 1 heterocycles. The Morgan fingerprint density at radius 2 is 1.75 bits per heavy atom. The number of aryl methyl sites for hydroxylation is 2. The Balaban J connectivity index is 1.63. The fourth-order valence-corrected chi connectivity index (χ4v) is 3.96. The smallest absolute Gasteiger partial charge is 0.274 e. The minimum absolute atomic E-state index is 0.0161. The van der Waals surface area contributed by atoms with Gasteiger partial charge in [-0.05, 0) is 38.7 Å². The number of hydrogen-bond donors (Lipinski definition) is 2. The SMILES string of the molecule is COC[C@H](NC(=O)c1cc(C)on1)C(=O)C[C@@H](C)C(=O)N[C@@H](Cc1ccc(C)cc1)C(=O)C1(C)CC1. The molecule has 2 amide bonds. The zero-order valence-electron chi connectivity index (χ0n) is 21.6. The molecule has 2 N–H and O–H groups in total. The van der Waals surface area contributed by atoms with Gasteiger partial charge in [-0.1, -0.05) is 48.8 Å². The second-order valence-corrected chi connectivity index (χ2v) is 10.1. The van der Waals surface area contributed by atoms with Crippen molar-refractivity contribution in [1.82, 2.24) is 15.8 Å². The Morgan fingerprint density at radius 1 is 1.08 bits per heavy atom. The van der Waals surface area contributed by atoms with E-state index in [0.29, 0.717) is 12.2 Å². The van der Waals surface area contributed by atoms with Crippen molar-refractivity contribution in [3.05, 3.63) is 52.9 Å². The fraction of sp³-hybridized carbons (Fsp3) is 0.519. The lowest BCUT2D eigenvalue weighted by atomic mass is 9.91. The predicted molar refractivity (Wildman–Crippen MR) is 132 cm³/mol. The number of carbonyl (C=O) groups is 4. The van der Waals surface area contributed by atoms with Gasteiger partial charge in [0.05, 0.1) is 12.6 Å². The van der Waals surface area contributed by atoms with Crippen molar-refractivity contribution in [2.75, 3.05) is 13.7 Å². The Morgan fingerprint density at radius 3 is 2.31 bits per heavy atom. The van der Waals surface area contributed by atoms with E-state index in [1.807, 2.05) is 38.1 Å². The van der Waals surface area contributed by atoms with Crippen LogP contribution in [-0.2, 0) is 25.5 Å². The topological polar surface area (TPSA) is 128 Å². The van der Waals surface area contributed by atoms with Gasteiger partial charge in [0.25, 0.3) is 5.91 Å². The number of amides is 2. The third-order valence-corrected chi connectivity index (χ3v) is 6.63. The first-order valence-electron chi connectivity index (χ1n) is 12.2. The van der Waals surface area contributed by atoms with E-state index in [4.69, 9.17) is 9.26 Å². The monoisotopic (exact) mass is 497 g/mol. The number of ether oxygens (including phenoxy) is 1. The van der Waals surface area contributed by atoms with Crippen molar-refractivity contribution in [2.24, 2.45) is 11.3 Å². The molecule has 36 heavy (non-hydrogen) atoms. The highest BCUT2D eigenvalue weighted by Gasteiger charge is 2.47. The van der Waals surface area contributed by atoms with Gasteiger partial charge in [-0.15, -0.1) is 0 Å². The van der Waals surface area contributed by atoms with Gasteiger partial charge < -0.3 is 19.9 Å². The maximum absolute atomic E-state index is 13.2. The molecule has 0 saturated heterocycles. The molecule has 0 radical (unpaired) electrons. The molecular weight excluding hydrogens is 462 g/mol. The van der Waals surface area contributed by atoms with Gasteiger partial charge >= 0.3 is 0 Å². The summed E-state index contributed by atoms with van der Waals surface area (Å²) < 4.78 is 10.0. The lowest BCUT2D eigenvalue weighted by molar-refractivity contribution is -0.133. The molecule has 2 aromatic rings. The summed E-state index contributed by atoms with van der Waals surface area (Å²) in [7, 11) is 1.42. The second kappa shape index (κ2) is 11.6. The number of Topliss-reactive ketones (excluding diaryl/α,β-unsaturated/α-hetero) is 2. The van der Waals surface area contributed by atoms with Crippen molar-refractivity contribution in [2.45, 2.75) is 65.5 Å². The molecule has 9 heteroatoms. The molecule has 1 saturated carbocycles. The molecule has 1 aliphatic carbocycles. The van der Waals surface area contributed by atoms with Gasteiger partial charge in [-0.25, -0.2) is 0 Å². The highest BCUT2D eigenvalue weighted by molar-refractivity contribution is 5.98. The molecule has 0 spiro atoms. The van der Waals surface area contributed by atoms with Gasteiger partial charge in [0, 0.05) is 30.9 Å². The maximum atomic E-state index is 13.2. The highest BCUT2D eigenvalue weighted by Crippen LogP contribution is 2.46. The van der Waals surface area contributed by atoms with E-state index in [1.165, 1.54) is 13.2 Å². The minimum Gasteiger partial charge on any atom is -0.382 e. The molecule has 0 bridgehead atoms. The molecule has 0 aliphatic heterocycles. The summed E-state index contributed by atoms with van der Waals surface area (Å²) >= 11 is 0. The maximum Gasteiger partial charge on any atom is 0.274 e. The first-order chi connectivity index (χ1) is 17.0. The van der Waals surface area contributed by atoms with E-state index in [-0.39, 0.29) is 36.2 Å². The van der Waals surface area contributed by atoms with Crippen LogP contribution in [-0.4, -0.2) is 54.3 Å². The highest BCUT2D eigenvalue weighted by atomic mass is 16.5. The standard InChI is InChI=1S/C27H35N3O6/c1-16-6-8-19(9-7-16)14-20(24(32)27(4)10-11-27)28-25(33)17(2)12-23(31)22(15-35-5)29-26(34)21-13-18(3)36-30-21/h6-9,13,17,20,22H,10-12,14-15H2,1-5H3,(H,28,33)(H,29,34)/t17-,20+,22+/m1/s1. The lowest BCUT2D eigenvalue weighted by Gasteiger charge is -2.24. The van der Waals surface area contributed by atoms with Gasteiger partial charge in [0.2, 0.25) is 5.91 Å². The molecule has 1 fully saturated rings. The number of methoxy groups -OCH3 is 1. The van der Waals surface area contributed by atoms with Crippen LogP contribution in [0.25, 0.3) is 0 Å². The number of carbonyl (C=O) groups excluding carboxylic acids is 4. The lowest BCUT2D eigenvalue weighted by Crippen LogP contribution is -2.48. The van der Waals surface area contributed by atoms with E-state index in [9.17, 15) is 19.2 Å².